The van der Waals surface area contributed by atoms with Crippen LogP contribution in [-0.4, -0.2) is 39.3 Å². The van der Waals surface area contributed by atoms with E-state index in [1.54, 1.807) is 6.92 Å². The van der Waals surface area contributed by atoms with E-state index >= 15 is 0 Å². The number of hydrogen-bond donors (Lipinski definition) is 3. The standard InChI is InChI=1S/C12H19N3O3/c1-9-8-10(11(17)18)15-12(14-9)13-6-4-2-3-5-7-16/h8,16H,2-7H2,1H3,(H,17,18)(H,13,14,15). The molecule has 0 aliphatic rings. The average molecular weight is 253 g/mol. The van der Waals surface area contributed by atoms with Crippen molar-refractivity contribution in [1.29, 1.82) is 0 Å². The van der Waals surface area contributed by atoms with Crippen LogP contribution in [-0.2, 0) is 0 Å². The molecule has 0 saturated heterocycles. The van der Waals surface area contributed by atoms with Crippen LogP contribution in [0.2, 0.25) is 0 Å². The molecule has 0 bridgehead atoms. The molecule has 1 aromatic heterocycles. The van der Waals surface area contributed by atoms with Crippen LogP contribution >= 0.6 is 0 Å². The van der Waals surface area contributed by atoms with Gasteiger partial charge in [-0.15, -0.1) is 0 Å². The van der Waals surface area contributed by atoms with Gasteiger partial charge in [-0.1, -0.05) is 12.8 Å². The summed E-state index contributed by atoms with van der Waals surface area (Å²) in [6, 6.07) is 1.44. The van der Waals surface area contributed by atoms with Gasteiger partial charge in [0, 0.05) is 18.8 Å². The van der Waals surface area contributed by atoms with Crippen LogP contribution in [0, 0.1) is 6.92 Å². The fourth-order valence-electron chi connectivity index (χ4n) is 1.55. The van der Waals surface area contributed by atoms with E-state index in [0.29, 0.717) is 18.2 Å². The number of carbonyl (C=O) groups is 1. The van der Waals surface area contributed by atoms with Gasteiger partial charge < -0.3 is 15.5 Å². The fourth-order valence-corrected chi connectivity index (χ4v) is 1.55. The fraction of sp³-hybridized carbons (Fsp3) is 0.583. The third kappa shape index (κ3) is 5.09. The van der Waals surface area contributed by atoms with E-state index in [4.69, 9.17) is 10.2 Å². The van der Waals surface area contributed by atoms with Crippen molar-refractivity contribution < 1.29 is 15.0 Å². The third-order valence-electron chi connectivity index (χ3n) is 2.44. The maximum Gasteiger partial charge on any atom is 0.354 e. The molecule has 0 atom stereocenters. The van der Waals surface area contributed by atoms with Crippen molar-refractivity contribution in [3.63, 3.8) is 0 Å². The Balaban J connectivity index is 2.40. The molecule has 0 radical (unpaired) electrons. The SMILES string of the molecule is Cc1cc(C(=O)O)nc(NCCCCCCO)n1. The largest absolute Gasteiger partial charge is 0.477 e. The molecule has 0 aliphatic carbocycles. The minimum Gasteiger partial charge on any atom is -0.477 e. The molecule has 0 fully saturated rings. The molecular formula is C12H19N3O3. The third-order valence-corrected chi connectivity index (χ3v) is 2.44. The molecule has 18 heavy (non-hydrogen) atoms. The Bertz CT molecular complexity index is 396. The molecule has 1 heterocycles. The van der Waals surface area contributed by atoms with Crippen molar-refractivity contribution >= 4 is 11.9 Å². The van der Waals surface area contributed by atoms with Gasteiger partial charge in [0.15, 0.2) is 5.69 Å². The van der Waals surface area contributed by atoms with Crippen molar-refractivity contribution in [2.24, 2.45) is 0 Å². The van der Waals surface area contributed by atoms with Crippen LogP contribution in [0.25, 0.3) is 0 Å². The summed E-state index contributed by atoms with van der Waals surface area (Å²) in [5, 5.41) is 20.5. The van der Waals surface area contributed by atoms with Gasteiger partial charge in [0.05, 0.1) is 0 Å². The molecule has 0 unspecified atom stereocenters. The van der Waals surface area contributed by atoms with Crippen LogP contribution in [0.3, 0.4) is 0 Å². The molecule has 0 saturated carbocycles. The average Bonchev–Trinajstić information content (AvgIpc) is 2.33. The minimum absolute atomic E-state index is 0.00489. The number of aromatic carboxylic acids is 1. The van der Waals surface area contributed by atoms with Gasteiger partial charge >= 0.3 is 5.97 Å². The Labute approximate surface area is 106 Å². The van der Waals surface area contributed by atoms with E-state index < -0.39 is 5.97 Å². The van der Waals surface area contributed by atoms with Crippen molar-refractivity contribution in [1.82, 2.24) is 9.97 Å². The zero-order valence-corrected chi connectivity index (χ0v) is 10.5. The number of nitrogens with zero attached hydrogens (tertiary/aromatic N) is 2. The normalized spacial score (nSPS) is 10.3. The number of aliphatic hydroxyl groups is 1. The van der Waals surface area contributed by atoms with E-state index in [0.717, 1.165) is 25.7 Å². The molecule has 0 spiro atoms. The molecule has 3 N–H and O–H groups in total. The highest BCUT2D eigenvalue weighted by atomic mass is 16.4. The lowest BCUT2D eigenvalue weighted by molar-refractivity contribution is 0.0690. The number of aryl methyl sites for hydroxylation is 1. The molecule has 0 aliphatic heterocycles. The van der Waals surface area contributed by atoms with Gasteiger partial charge in [0.1, 0.15) is 0 Å². The second-order valence-electron chi connectivity index (χ2n) is 4.09. The van der Waals surface area contributed by atoms with Gasteiger partial charge in [-0.05, 0) is 25.8 Å². The van der Waals surface area contributed by atoms with Crippen LogP contribution in [0.15, 0.2) is 6.07 Å². The number of rotatable bonds is 8. The van der Waals surface area contributed by atoms with Crippen LogP contribution in [0.1, 0.15) is 41.9 Å². The second-order valence-corrected chi connectivity index (χ2v) is 4.09. The Morgan fingerprint density at radius 3 is 2.67 bits per heavy atom. The highest BCUT2D eigenvalue weighted by molar-refractivity contribution is 5.85. The number of aliphatic hydroxyl groups excluding tert-OH is 1. The summed E-state index contributed by atoms with van der Waals surface area (Å²) in [5.74, 6) is -0.693. The molecule has 6 nitrogen and oxygen atoms in total. The number of anilines is 1. The second kappa shape index (κ2) is 7.60. The van der Waals surface area contributed by atoms with E-state index in [2.05, 4.69) is 15.3 Å². The first-order valence-corrected chi connectivity index (χ1v) is 6.07. The topological polar surface area (TPSA) is 95.3 Å². The Morgan fingerprint density at radius 2 is 2.00 bits per heavy atom. The van der Waals surface area contributed by atoms with Crippen LogP contribution in [0.5, 0.6) is 0 Å². The summed E-state index contributed by atoms with van der Waals surface area (Å²) in [6.45, 7) is 2.67. The lowest BCUT2D eigenvalue weighted by Gasteiger charge is -2.06. The van der Waals surface area contributed by atoms with Crippen molar-refractivity contribution in [2.75, 3.05) is 18.5 Å². The number of carboxylic acids is 1. The van der Waals surface area contributed by atoms with E-state index in [-0.39, 0.29) is 12.3 Å². The Hall–Kier alpha value is -1.69. The first-order valence-electron chi connectivity index (χ1n) is 6.07. The van der Waals surface area contributed by atoms with Crippen molar-refractivity contribution in [3.05, 3.63) is 17.5 Å². The number of carboxylic acid groups (broad SMARTS) is 1. The first-order chi connectivity index (χ1) is 8.63. The summed E-state index contributed by atoms with van der Waals surface area (Å²) in [7, 11) is 0. The highest BCUT2D eigenvalue weighted by Crippen LogP contribution is 2.06. The zero-order valence-electron chi connectivity index (χ0n) is 10.5. The summed E-state index contributed by atoms with van der Waals surface area (Å²) in [5.41, 5.74) is 0.635. The van der Waals surface area contributed by atoms with Gasteiger partial charge in [0.25, 0.3) is 0 Å². The highest BCUT2D eigenvalue weighted by Gasteiger charge is 2.07. The predicted molar refractivity (Wildman–Crippen MR) is 67.8 cm³/mol. The summed E-state index contributed by atoms with van der Waals surface area (Å²) in [6.07, 6.45) is 3.78. The number of aromatic nitrogens is 2. The van der Waals surface area contributed by atoms with E-state index in [1.165, 1.54) is 6.07 Å². The van der Waals surface area contributed by atoms with Gasteiger partial charge in [-0.2, -0.15) is 0 Å². The Morgan fingerprint density at radius 1 is 1.28 bits per heavy atom. The number of nitrogens with one attached hydrogen (secondary N) is 1. The molecule has 1 aromatic rings. The van der Waals surface area contributed by atoms with Crippen LogP contribution in [0.4, 0.5) is 5.95 Å². The quantitative estimate of drug-likeness (QED) is 0.607. The first kappa shape index (κ1) is 14.4. The van der Waals surface area contributed by atoms with E-state index in [9.17, 15) is 4.79 Å². The smallest absolute Gasteiger partial charge is 0.354 e. The summed E-state index contributed by atoms with van der Waals surface area (Å²) in [4.78, 5) is 18.8. The molecule has 0 aromatic carbocycles. The maximum absolute atomic E-state index is 10.8. The molecule has 100 valence electrons. The zero-order chi connectivity index (χ0) is 13.4. The molecule has 0 amide bonds. The van der Waals surface area contributed by atoms with Gasteiger partial charge in [-0.3, -0.25) is 0 Å². The molecular weight excluding hydrogens is 234 g/mol. The lowest BCUT2D eigenvalue weighted by Crippen LogP contribution is -2.10. The van der Waals surface area contributed by atoms with Gasteiger partial charge in [0.2, 0.25) is 5.95 Å². The predicted octanol–water partition coefficient (Wildman–Crippen LogP) is 1.45. The summed E-state index contributed by atoms with van der Waals surface area (Å²) >= 11 is 0. The van der Waals surface area contributed by atoms with E-state index in [1.807, 2.05) is 0 Å². The van der Waals surface area contributed by atoms with Gasteiger partial charge in [-0.25, -0.2) is 14.8 Å². The molecule has 1 rings (SSSR count). The number of hydrogen-bond acceptors (Lipinski definition) is 5. The van der Waals surface area contributed by atoms with Crippen molar-refractivity contribution in [3.8, 4) is 0 Å². The van der Waals surface area contributed by atoms with Crippen molar-refractivity contribution in [2.45, 2.75) is 32.6 Å². The summed E-state index contributed by atoms with van der Waals surface area (Å²) < 4.78 is 0. The lowest BCUT2D eigenvalue weighted by atomic mass is 10.2. The Kier molecular flexibility index (Phi) is 6.07. The van der Waals surface area contributed by atoms with Crippen LogP contribution < -0.4 is 5.32 Å². The minimum atomic E-state index is -1.05. The number of unbranched alkanes of at least 4 members (excludes halogenated alkanes) is 3. The molecule has 6 heteroatoms. The maximum atomic E-state index is 10.8. The monoisotopic (exact) mass is 253 g/mol.